The predicted molar refractivity (Wildman–Crippen MR) is 136 cm³/mol. The van der Waals surface area contributed by atoms with Gasteiger partial charge in [-0.15, -0.1) is 0 Å². The molecule has 0 saturated carbocycles. The van der Waals surface area contributed by atoms with Gasteiger partial charge in [-0.25, -0.2) is 4.98 Å². The summed E-state index contributed by atoms with van der Waals surface area (Å²) in [6, 6.07) is 18.8. The van der Waals surface area contributed by atoms with Crippen molar-refractivity contribution in [3.05, 3.63) is 108 Å². The molecular weight excluding hydrogens is 440 g/mol. The summed E-state index contributed by atoms with van der Waals surface area (Å²) in [6.07, 6.45) is 3.20. The molecule has 6 nitrogen and oxygen atoms in total. The van der Waals surface area contributed by atoms with Crippen LogP contribution < -0.4 is 9.64 Å². The van der Waals surface area contributed by atoms with Crippen LogP contribution in [0.2, 0.25) is 0 Å². The number of carbonyl (C=O) groups excluding carboxylic acids is 2. The number of ether oxygens (including phenoxy) is 1. The Morgan fingerprint density at radius 2 is 1.74 bits per heavy atom. The van der Waals surface area contributed by atoms with Gasteiger partial charge < -0.3 is 9.84 Å². The molecule has 2 aromatic carbocycles. The van der Waals surface area contributed by atoms with Gasteiger partial charge in [0.15, 0.2) is 0 Å². The molecule has 178 valence electrons. The molecule has 1 aliphatic rings. The number of carbonyl (C=O) groups is 2. The predicted octanol–water partition coefficient (Wildman–Crippen LogP) is 5.57. The fraction of sp³-hybridized carbons (Fsp3) is 0.207. The lowest BCUT2D eigenvalue weighted by Gasteiger charge is -2.25. The number of rotatable bonds is 6. The van der Waals surface area contributed by atoms with Crippen molar-refractivity contribution in [3.8, 4) is 5.75 Å². The number of amides is 1. The first-order valence-corrected chi connectivity index (χ1v) is 11.4. The molecule has 1 N–H and O–H groups in total. The number of ketones is 1. The molecule has 1 saturated heterocycles. The number of aliphatic hydroxyl groups excluding tert-OH is 1. The summed E-state index contributed by atoms with van der Waals surface area (Å²) in [5, 5.41) is 11.3. The second-order valence-electron chi connectivity index (χ2n) is 9.35. The number of benzene rings is 2. The Morgan fingerprint density at radius 3 is 2.31 bits per heavy atom. The minimum Gasteiger partial charge on any atom is -0.507 e. The Labute approximate surface area is 205 Å². The number of aromatic nitrogens is 1. The van der Waals surface area contributed by atoms with Crippen LogP contribution in [0.3, 0.4) is 0 Å². The molecule has 0 aliphatic carbocycles. The molecule has 6 heteroatoms. The number of pyridine rings is 1. The van der Waals surface area contributed by atoms with Crippen molar-refractivity contribution in [2.45, 2.75) is 32.2 Å². The maximum absolute atomic E-state index is 13.2. The summed E-state index contributed by atoms with van der Waals surface area (Å²) in [6.45, 7) is 10.3. The van der Waals surface area contributed by atoms with Gasteiger partial charge in [-0.2, -0.15) is 0 Å². The zero-order valence-electron chi connectivity index (χ0n) is 20.1. The van der Waals surface area contributed by atoms with E-state index in [0.717, 1.165) is 5.56 Å². The van der Waals surface area contributed by atoms with Crippen LogP contribution in [0, 0.1) is 0 Å². The van der Waals surface area contributed by atoms with Crippen molar-refractivity contribution in [1.29, 1.82) is 0 Å². The fourth-order valence-corrected chi connectivity index (χ4v) is 4.07. The summed E-state index contributed by atoms with van der Waals surface area (Å²) < 4.78 is 5.50. The Balaban J connectivity index is 1.84. The molecule has 1 atom stereocenters. The van der Waals surface area contributed by atoms with Crippen LogP contribution in [0.1, 0.15) is 43.5 Å². The third kappa shape index (κ3) is 4.73. The first-order valence-electron chi connectivity index (χ1n) is 11.4. The van der Waals surface area contributed by atoms with E-state index in [-0.39, 0.29) is 16.7 Å². The summed E-state index contributed by atoms with van der Waals surface area (Å²) in [5.41, 5.74) is 2.19. The molecule has 2 heterocycles. The highest BCUT2D eigenvalue weighted by Gasteiger charge is 2.47. The topological polar surface area (TPSA) is 79.7 Å². The van der Waals surface area contributed by atoms with Crippen LogP contribution in [-0.2, 0) is 15.0 Å². The highest BCUT2D eigenvalue weighted by Crippen LogP contribution is 2.42. The molecule has 0 radical (unpaired) electrons. The second kappa shape index (κ2) is 9.58. The average Bonchev–Trinajstić information content (AvgIpc) is 3.13. The minimum atomic E-state index is -0.824. The monoisotopic (exact) mass is 468 g/mol. The maximum Gasteiger partial charge on any atom is 0.301 e. The highest BCUT2D eigenvalue weighted by atomic mass is 16.5. The largest absolute Gasteiger partial charge is 0.507 e. The number of hydrogen-bond acceptors (Lipinski definition) is 5. The van der Waals surface area contributed by atoms with Gasteiger partial charge in [0, 0.05) is 11.8 Å². The standard InChI is InChI=1S/C29H28N2O4/c1-5-18-35-22-15-11-20(12-16-22)26(32)24-25(19-9-13-21(14-10-19)29(2,3)4)31(28(34)27(24)33)23-8-6-7-17-30-23/h5-17,25,32H,1,18H2,2-4H3/t25-/m1/s1. The lowest BCUT2D eigenvalue weighted by atomic mass is 9.85. The van der Waals surface area contributed by atoms with E-state index in [1.165, 1.54) is 4.90 Å². The second-order valence-corrected chi connectivity index (χ2v) is 9.35. The zero-order chi connectivity index (χ0) is 25.2. The van der Waals surface area contributed by atoms with Crippen LogP contribution in [0.4, 0.5) is 5.82 Å². The van der Waals surface area contributed by atoms with Gasteiger partial charge in [-0.3, -0.25) is 14.5 Å². The van der Waals surface area contributed by atoms with Gasteiger partial charge in [-0.1, -0.05) is 63.8 Å². The first-order chi connectivity index (χ1) is 16.7. The number of Topliss-reactive ketones (excluding diaryl/α,β-unsaturated/α-hetero) is 1. The first kappa shape index (κ1) is 24.0. The molecule has 0 unspecified atom stereocenters. The molecule has 35 heavy (non-hydrogen) atoms. The van der Waals surface area contributed by atoms with Crippen molar-refractivity contribution in [3.63, 3.8) is 0 Å². The van der Waals surface area contributed by atoms with Gasteiger partial charge >= 0.3 is 5.91 Å². The van der Waals surface area contributed by atoms with Crippen LogP contribution >= 0.6 is 0 Å². The normalized spacial score (nSPS) is 17.5. The van der Waals surface area contributed by atoms with Crippen LogP contribution in [0.15, 0.2) is 91.2 Å². The molecule has 4 rings (SSSR count). The van der Waals surface area contributed by atoms with Gasteiger partial charge in [0.05, 0.1) is 11.6 Å². The lowest BCUT2D eigenvalue weighted by molar-refractivity contribution is -0.132. The summed E-state index contributed by atoms with van der Waals surface area (Å²) >= 11 is 0. The quantitative estimate of drug-likeness (QED) is 0.221. The average molecular weight is 469 g/mol. The van der Waals surface area contributed by atoms with E-state index in [9.17, 15) is 14.7 Å². The zero-order valence-corrected chi connectivity index (χ0v) is 20.1. The molecule has 0 spiro atoms. The van der Waals surface area contributed by atoms with E-state index in [0.29, 0.717) is 29.3 Å². The number of aliphatic hydroxyl groups is 1. The molecule has 1 aliphatic heterocycles. The van der Waals surface area contributed by atoms with Crippen molar-refractivity contribution in [1.82, 2.24) is 4.98 Å². The Bertz CT molecular complexity index is 1270. The van der Waals surface area contributed by atoms with Crippen molar-refractivity contribution in [2.75, 3.05) is 11.5 Å². The molecule has 1 aromatic heterocycles. The van der Waals surface area contributed by atoms with Gasteiger partial charge in [0.2, 0.25) is 0 Å². The third-order valence-corrected chi connectivity index (χ3v) is 5.93. The Kier molecular flexibility index (Phi) is 6.56. The van der Waals surface area contributed by atoms with Gasteiger partial charge in [-0.05, 0) is 52.9 Å². The SMILES string of the molecule is C=CCOc1ccc(C(O)=C2C(=O)C(=O)N(c3ccccn3)[C@@H]2c2ccc(C(C)(C)C)cc2)cc1. The Hall–Kier alpha value is -4.19. The molecular formula is C29H28N2O4. The molecule has 1 fully saturated rings. The van der Waals surface area contributed by atoms with Crippen molar-refractivity contribution < 1.29 is 19.4 Å². The summed E-state index contributed by atoms with van der Waals surface area (Å²) in [5.74, 6) is -0.801. The molecule has 0 bridgehead atoms. The van der Waals surface area contributed by atoms with E-state index in [4.69, 9.17) is 4.74 Å². The van der Waals surface area contributed by atoms with Gasteiger partial charge in [0.1, 0.15) is 23.9 Å². The van der Waals surface area contributed by atoms with E-state index < -0.39 is 17.7 Å². The minimum absolute atomic E-state index is 0.0175. The number of nitrogens with zero attached hydrogens (tertiary/aromatic N) is 2. The van der Waals surface area contributed by atoms with Crippen molar-refractivity contribution >= 4 is 23.3 Å². The summed E-state index contributed by atoms with van der Waals surface area (Å²) in [4.78, 5) is 32.1. The van der Waals surface area contributed by atoms with Crippen LogP contribution in [0.5, 0.6) is 5.75 Å². The Morgan fingerprint density at radius 1 is 1.06 bits per heavy atom. The van der Waals surface area contributed by atoms with Crippen LogP contribution in [-0.4, -0.2) is 28.4 Å². The fourth-order valence-electron chi connectivity index (χ4n) is 4.07. The van der Waals surface area contributed by atoms with Gasteiger partial charge in [0.25, 0.3) is 5.78 Å². The van der Waals surface area contributed by atoms with E-state index >= 15 is 0 Å². The van der Waals surface area contributed by atoms with Crippen LogP contribution in [0.25, 0.3) is 5.76 Å². The smallest absolute Gasteiger partial charge is 0.301 e. The molecule has 1 amide bonds. The van der Waals surface area contributed by atoms with E-state index in [1.807, 2.05) is 24.3 Å². The third-order valence-electron chi connectivity index (χ3n) is 5.93. The van der Waals surface area contributed by atoms with Crippen molar-refractivity contribution in [2.24, 2.45) is 0 Å². The summed E-state index contributed by atoms with van der Waals surface area (Å²) in [7, 11) is 0. The van der Waals surface area contributed by atoms with E-state index in [1.54, 1.807) is 54.7 Å². The van der Waals surface area contributed by atoms with E-state index in [2.05, 4.69) is 32.3 Å². The number of hydrogen-bond donors (Lipinski definition) is 1. The maximum atomic E-state index is 13.2. The number of anilines is 1. The lowest BCUT2D eigenvalue weighted by Crippen LogP contribution is -2.30. The highest BCUT2D eigenvalue weighted by molar-refractivity contribution is 6.51. The molecule has 3 aromatic rings.